The number of nitrogens with one attached hydrogen (secondary N) is 2. The second-order valence-electron chi connectivity index (χ2n) is 7.48. The van der Waals surface area contributed by atoms with Gasteiger partial charge in [0.1, 0.15) is 6.54 Å². The predicted molar refractivity (Wildman–Crippen MR) is 134 cm³/mol. The molecule has 0 heterocycles. The van der Waals surface area contributed by atoms with E-state index in [9.17, 15) is 34.8 Å². The fraction of sp³-hybridized carbons (Fsp3) is 0.136. The molecule has 0 saturated carbocycles. The van der Waals surface area contributed by atoms with Gasteiger partial charge in [-0.2, -0.15) is 13.2 Å². The molecular formula is C22H19BrF3N3O5S2. The minimum absolute atomic E-state index is 0.179. The fourth-order valence-electron chi connectivity index (χ4n) is 3.06. The molecular weight excluding hydrogens is 587 g/mol. The standard InChI is InChI=1S/C22H19BrF3N3O5S2/c1-35(31,32)29(20-8-3-2-7-19(20)23)14-21(30)27-16-9-11-18(12-10-16)36(33,34)28-17-6-4-5-15(13-17)22(24,25)26/h2-13,28H,14H2,1H3,(H,27,30). The van der Waals surface area contributed by atoms with Gasteiger partial charge in [0.25, 0.3) is 10.0 Å². The van der Waals surface area contributed by atoms with Crippen molar-refractivity contribution in [2.45, 2.75) is 11.1 Å². The number of carbonyl (C=O) groups is 1. The zero-order valence-electron chi connectivity index (χ0n) is 18.5. The van der Waals surface area contributed by atoms with Crippen molar-refractivity contribution in [2.75, 3.05) is 27.1 Å². The van der Waals surface area contributed by atoms with Crippen molar-refractivity contribution in [3.8, 4) is 0 Å². The molecule has 2 N–H and O–H groups in total. The second kappa shape index (κ2) is 10.5. The summed E-state index contributed by atoms with van der Waals surface area (Å²) in [6.07, 6.45) is -3.68. The number of halogens is 4. The molecule has 3 rings (SSSR count). The molecule has 0 spiro atoms. The number of carbonyl (C=O) groups excluding carboxylic acids is 1. The molecule has 0 radical (unpaired) electrons. The Hall–Kier alpha value is -3.10. The number of nitrogens with zero attached hydrogens (tertiary/aromatic N) is 1. The molecule has 0 atom stereocenters. The highest BCUT2D eigenvalue weighted by molar-refractivity contribution is 9.10. The van der Waals surface area contributed by atoms with E-state index in [2.05, 4.69) is 26.0 Å². The van der Waals surface area contributed by atoms with Crippen LogP contribution in [0.1, 0.15) is 5.56 Å². The van der Waals surface area contributed by atoms with Crippen LogP contribution in [0.5, 0.6) is 0 Å². The number of sulfonamides is 2. The Morgan fingerprint density at radius 1 is 0.917 bits per heavy atom. The third-order valence-electron chi connectivity index (χ3n) is 4.70. The maximum absolute atomic E-state index is 12.9. The number of amides is 1. The van der Waals surface area contributed by atoms with Gasteiger partial charge in [-0.3, -0.25) is 13.8 Å². The van der Waals surface area contributed by atoms with Crippen LogP contribution in [0.4, 0.5) is 30.2 Å². The minimum atomic E-state index is -4.63. The van der Waals surface area contributed by atoms with Crippen LogP contribution in [0.2, 0.25) is 0 Å². The monoisotopic (exact) mass is 605 g/mol. The molecule has 14 heteroatoms. The van der Waals surface area contributed by atoms with Crippen molar-refractivity contribution in [1.29, 1.82) is 0 Å². The van der Waals surface area contributed by atoms with Crippen molar-refractivity contribution >= 4 is 58.9 Å². The van der Waals surface area contributed by atoms with Crippen molar-refractivity contribution in [3.63, 3.8) is 0 Å². The first kappa shape index (κ1) is 27.5. The topological polar surface area (TPSA) is 113 Å². The van der Waals surface area contributed by atoms with Crippen molar-refractivity contribution in [3.05, 3.63) is 82.8 Å². The number of hydrogen-bond acceptors (Lipinski definition) is 5. The van der Waals surface area contributed by atoms with Crippen molar-refractivity contribution in [2.24, 2.45) is 0 Å². The van der Waals surface area contributed by atoms with Crippen LogP contribution in [0.15, 0.2) is 82.2 Å². The first-order valence-corrected chi connectivity index (χ1v) is 14.1. The molecule has 0 fully saturated rings. The minimum Gasteiger partial charge on any atom is -0.325 e. The molecule has 0 aliphatic rings. The molecule has 0 aromatic heterocycles. The number of benzene rings is 3. The number of hydrogen-bond donors (Lipinski definition) is 2. The van der Waals surface area contributed by atoms with Crippen LogP contribution in [0.25, 0.3) is 0 Å². The molecule has 36 heavy (non-hydrogen) atoms. The smallest absolute Gasteiger partial charge is 0.325 e. The van der Waals surface area contributed by atoms with Gasteiger partial charge >= 0.3 is 6.18 Å². The lowest BCUT2D eigenvalue weighted by atomic mass is 10.2. The average Bonchev–Trinajstić information content (AvgIpc) is 2.77. The van der Waals surface area contributed by atoms with Crippen LogP contribution < -0.4 is 14.3 Å². The van der Waals surface area contributed by atoms with E-state index in [1.54, 1.807) is 18.2 Å². The first-order valence-electron chi connectivity index (χ1n) is 9.99. The average molecular weight is 606 g/mol. The van der Waals surface area contributed by atoms with E-state index in [-0.39, 0.29) is 22.0 Å². The molecule has 0 bridgehead atoms. The quantitative estimate of drug-likeness (QED) is 0.387. The van der Waals surface area contributed by atoms with Crippen LogP contribution in [0.3, 0.4) is 0 Å². The fourth-order valence-corrected chi connectivity index (χ4v) is 5.59. The Bertz CT molecular complexity index is 1480. The van der Waals surface area contributed by atoms with E-state index in [1.807, 2.05) is 0 Å². The van der Waals surface area contributed by atoms with Crippen LogP contribution >= 0.6 is 15.9 Å². The molecule has 192 valence electrons. The van der Waals surface area contributed by atoms with Gasteiger partial charge in [-0.1, -0.05) is 18.2 Å². The van der Waals surface area contributed by atoms with E-state index < -0.39 is 44.2 Å². The first-order chi connectivity index (χ1) is 16.7. The molecule has 0 aliphatic carbocycles. The highest BCUT2D eigenvalue weighted by Gasteiger charge is 2.31. The Morgan fingerprint density at radius 3 is 2.14 bits per heavy atom. The number of rotatable bonds is 8. The zero-order chi connectivity index (χ0) is 26.7. The Balaban J connectivity index is 1.73. The number of para-hydroxylation sites is 1. The highest BCUT2D eigenvalue weighted by Crippen LogP contribution is 2.31. The maximum Gasteiger partial charge on any atom is 0.416 e. The maximum atomic E-state index is 12.9. The van der Waals surface area contributed by atoms with Crippen LogP contribution in [0, 0.1) is 0 Å². The Morgan fingerprint density at radius 2 is 1.56 bits per heavy atom. The van der Waals surface area contributed by atoms with Gasteiger partial charge in [0, 0.05) is 15.8 Å². The zero-order valence-corrected chi connectivity index (χ0v) is 21.7. The molecule has 0 saturated heterocycles. The number of anilines is 3. The van der Waals surface area contributed by atoms with Gasteiger partial charge in [-0.15, -0.1) is 0 Å². The van der Waals surface area contributed by atoms with E-state index in [1.165, 1.54) is 24.3 Å². The Labute approximate surface area is 214 Å². The van der Waals surface area contributed by atoms with E-state index in [4.69, 9.17) is 0 Å². The Kier molecular flexibility index (Phi) is 8.00. The SMILES string of the molecule is CS(=O)(=O)N(CC(=O)Nc1ccc(S(=O)(=O)Nc2cccc(C(F)(F)F)c2)cc1)c1ccccc1Br. The van der Waals surface area contributed by atoms with E-state index in [0.29, 0.717) is 10.5 Å². The molecule has 3 aromatic rings. The van der Waals surface area contributed by atoms with Gasteiger partial charge in [0.15, 0.2) is 0 Å². The van der Waals surface area contributed by atoms with Gasteiger partial charge in [-0.25, -0.2) is 16.8 Å². The summed E-state index contributed by atoms with van der Waals surface area (Å²) in [5.74, 6) is -0.686. The number of alkyl halides is 3. The largest absolute Gasteiger partial charge is 0.416 e. The summed E-state index contributed by atoms with van der Waals surface area (Å²) < 4.78 is 91.7. The van der Waals surface area contributed by atoms with E-state index >= 15 is 0 Å². The van der Waals surface area contributed by atoms with E-state index in [0.717, 1.165) is 34.8 Å². The lowest BCUT2D eigenvalue weighted by Gasteiger charge is -2.23. The van der Waals surface area contributed by atoms with Crippen LogP contribution in [-0.2, 0) is 31.0 Å². The lowest BCUT2D eigenvalue weighted by Crippen LogP contribution is -2.37. The summed E-state index contributed by atoms with van der Waals surface area (Å²) in [5.41, 5.74) is -0.836. The second-order valence-corrected chi connectivity index (χ2v) is 11.9. The lowest BCUT2D eigenvalue weighted by molar-refractivity contribution is -0.137. The predicted octanol–water partition coefficient (Wildman–Crippen LogP) is 4.67. The van der Waals surface area contributed by atoms with Gasteiger partial charge in [-0.05, 0) is 70.5 Å². The summed E-state index contributed by atoms with van der Waals surface area (Å²) in [4.78, 5) is 12.3. The van der Waals surface area contributed by atoms with Gasteiger partial charge in [0.2, 0.25) is 15.9 Å². The van der Waals surface area contributed by atoms with Gasteiger partial charge < -0.3 is 5.32 Å². The third-order valence-corrected chi connectivity index (χ3v) is 7.89. The molecule has 3 aromatic carbocycles. The third kappa shape index (κ3) is 6.98. The summed E-state index contributed by atoms with van der Waals surface area (Å²) in [6, 6.07) is 15.0. The molecule has 8 nitrogen and oxygen atoms in total. The van der Waals surface area contributed by atoms with Crippen molar-refractivity contribution in [1.82, 2.24) is 0 Å². The van der Waals surface area contributed by atoms with Crippen molar-refractivity contribution < 1.29 is 34.8 Å². The van der Waals surface area contributed by atoms with Gasteiger partial charge in [0.05, 0.1) is 22.4 Å². The highest BCUT2D eigenvalue weighted by atomic mass is 79.9. The normalized spacial score (nSPS) is 12.1. The molecule has 0 unspecified atom stereocenters. The summed E-state index contributed by atoms with van der Waals surface area (Å²) in [6.45, 7) is -0.543. The van der Waals surface area contributed by atoms with Crippen LogP contribution in [-0.4, -0.2) is 35.5 Å². The summed E-state index contributed by atoms with van der Waals surface area (Å²) in [5, 5.41) is 2.49. The molecule has 0 aliphatic heterocycles. The summed E-state index contributed by atoms with van der Waals surface area (Å²) >= 11 is 3.25. The molecule has 1 amide bonds. The summed E-state index contributed by atoms with van der Waals surface area (Å²) in [7, 11) is -8.03.